The van der Waals surface area contributed by atoms with Crippen molar-refractivity contribution in [3.05, 3.63) is 32.9 Å². The largest absolute Gasteiger partial charge is 0.299 e. The zero-order chi connectivity index (χ0) is 15.0. The Morgan fingerprint density at radius 3 is 2.90 bits per heavy atom. The highest BCUT2D eigenvalue weighted by Crippen LogP contribution is 2.41. The SMILES string of the molecule is Cc1ncn(CC(=O)Nc2nnc(C3CC3)s2)c(=O)c1C. The van der Waals surface area contributed by atoms with E-state index >= 15 is 0 Å². The van der Waals surface area contributed by atoms with E-state index in [4.69, 9.17) is 0 Å². The highest BCUT2D eigenvalue weighted by atomic mass is 32.1. The fourth-order valence-electron chi connectivity index (χ4n) is 1.88. The van der Waals surface area contributed by atoms with Gasteiger partial charge in [-0.05, 0) is 26.7 Å². The zero-order valence-electron chi connectivity index (χ0n) is 11.8. The summed E-state index contributed by atoms with van der Waals surface area (Å²) < 4.78 is 1.29. The molecule has 0 saturated heterocycles. The van der Waals surface area contributed by atoms with Crippen molar-refractivity contribution in [1.82, 2.24) is 19.7 Å². The molecule has 7 nitrogen and oxygen atoms in total. The fourth-order valence-corrected chi connectivity index (χ4v) is 2.81. The molecule has 1 fully saturated rings. The molecule has 110 valence electrons. The van der Waals surface area contributed by atoms with E-state index in [9.17, 15) is 9.59 Å². The normalized spacial score (nSPS) is 14.2. The maximum Gasteiger partial charge on any atom is 0.256 e. The van der Waals surface area contributed by atoms with Gasteiger partial charge in [0.05, 0.1) is 6.33 Å². The minimum absolute atomic E-state index is 0.0781. The zero-order valence-corrected chi connectivity index (χ0v) is 12.6. The number of carbonyl (C=O) groups is 1. The van der Waals surface area contributed by atoms with Gasteiger partial charge in [-0.2, -0.15) is 0 Å². The Hall–Kier alpha value is -2.09. The van der Waals surface area contributed by atoms with Gasteiger partial charge in [-0.3, -0.25) is 19.5 Å². The van der Waals surface area contributed by atoms with E-state index in [1.165, 1.54) is 22.2 Å². The first-order valence-electron chi connectivity index (χ1n) is 6.70. The van der Waals surface area contributed by atoms with Gasteiger partial charge in [0.15, 0.2) is 0 Å². The van der Waals surface area contributed by atoms with E-state index in [0.29, 0.717) is 22.3 Å². The summed E-state index contributed by atoms with van der Waals surface area (Å²) in [6, 6.07) is 0. The predicted octanol–water partition coefficient (Wildman–Crippen LogP) is 1.23. The van der Waals surface area contributed by atoms with Crippen LogP contribution in [0, 0.1) is 13.8 Å². The first-order chi connectivity index (χ1) is 10.0. The second-order valence-electron chi connectivity index (χ2n) is 5.16. The monoisotopic (exact) mass is 305 g/mol. The van der Waals surface area contributed by atoms with Crippen molar-refractivity contribution >= 4 is 22.4 Å². The number of hydrogen-bond donors (Lipinski definition) is 1. The second kappa shape index (κ2) is 5.36. The molecule has 0 radical (unpaired) electrons. The van der Waals surface area contributed by atoms with Gasteiger partial charge >= 0.3 is 0 Å². The molecule has 2 aromatic rings. The van der Waals surface area contributed by atoms with Crippen molar-refractivity contribution in [2.45, 2.75) is 39.2 Å². The molecule has 0 bridgehead atoms. The molecule has 3 rings (SSSR count). The molecule has 1 saturated carbocycles. The maximum atomic E-state index is 12.0. The molecule has 1 aliphatic rings. The molecule has 0 aromatic carbocycles. The highest BCUT2D eigenvalue weighted by Gasteiger charge is 2.27. The molecule has 8 heteroatoms. The van der Waals surface area contributed by atoms with Crippen molar-refractivity contribution in [2.24, 2.45) is 0 Å². The summed E-state index contributed by atoms with van der Waals surface area (Å²) in [6.07, 6.45) is 3.68. The molecule has 0 unspecified atom stereocenters. The lowest BCUT2D eigenvalue weighted by Gasteiger charge is -2.06. The molecular formula is C13H15N5O2S. The van der Waals surface area contributed by atoms with Crippen LogP contribution in [0.25, 0.3) is 0 Å². The number of rotatable bonds is 4. The van der Waals surface area contributed by atoms with E-state index in [1.54, 1.807) is 13.8 Å². The van der Waals surface area contributed by atoms with Gasteiger partial charge in [0.25, 0.3) is 5.56 Å². The van der Waals surface area contributed by atoms with Crippen LogP contribution in [0.1, 0.15) is 35.0 Å². The summed E-state index contributed by atoms with van der Waals surface area (Å²) in [5.41, 5.74) is 1.03. The third-order valence-electron chi connectivity index (χ3n) is 3.44. The average Bonchev–Trinajstić information content (AvgIpc) is 3.20. The number of nitrogens with one attached hydrogen (secondary N) is 1. The third kappa shape index (κ3) is 2.99. The van der Waals surface area contributed by atoms with Crippen LogP contribution in [0.2, 0.25) is 0 Å². The van der Waals surface area contributed by atoms with Crippen molar-refractivity contribution in [1.29, 1.82) is 0 Å². The smallest absolute Gasteiger partial charge is 0.256 e. The first-order valence-corrected chi connectivity index (χ1v) is 7.52. The van der Waals surface area contributed by atoms with E-state index in [0.717, 1.165) is 17.8 Å². The highest BCUT2D eigenvalue weighted by molar-refractivity contribution is 7.15. The maximum absolute atomic E-state index is 12.0. The van der Waals surface area contributed by atoms with E-state index in [1.807, 2.05) is 0 Å². The number of hydrogen-bond acceptors (Lipinski definition) is 6. The van der Waals surface area contributed by atoms with Gasteiger partial charge in [0.2, 0.25) is 11.0 Å². The van der Waals surface area contributed by atoms with Gasteiger partial charge in [0.1, 0.15) is 11.6 Å². The van der Waals surface area contributed by atoms with E-state index in [2.05, 4.69) is 20.5 Å². The van der Waals surface area contributed by atoms with Crippen LogP contribution in [0.3, 0.4) is 0 Å². The van der Waals surface area contributed by atoms with Gasteiger partial charge in [-0.15, -0.1) is 10.2 Å². The molecule has 0 aliphatic heterocycles. The van der Waals surface area contributed by atoms with E-state index in [-0.39, 0.29) is 18.0 Å². The van der Waals surface area contributed by atoms with Crippen LogP contribution in [0.15, 0.2) is 11.1 Å². The third-order valence-corrected chi connectivity index (χ3v) is 4.44. The van der Waals surface area contributed by atoms with Crippen molar-refractivity contribution in [3.8, 4) is 0 Å². The summed E-state index contributed by atoms with van der Waals surface area (Å²) in [4.78, 5) is 28.1. The van der Waals surface area contributed by atoms with Gasteiger partial charge in [0, 0.05) is 17.2 Å². The van der Waals surface area contributed by atoms with Gasteiger partial charge < -0.3 is 0 Å². The molecule has 21 heavy (non-hydrogen) atoms. The number of aromatic nitrogens is 4. The number of carbonyl (C=O) groups excluding carboxylic acids is 1. The Bertz CT molecular complexity index is 747. The number of anilines is 1. The van der Waals surface area contributed by atoms with Crippen molar-refractivity contribution in [2.75, 3.05) is 5.32 Å². The Kier molecular flexibility index (Phi) is 3.54. The fraction of sp³-hybridized carbons (Fsp3) is 0.462. The molecule has 1 N–H and O–H groups in total. The molecule has 0 atom stereocenters. The second-order valence-corrected chi connectivity index (χ2v) is 6.17. The lowest BCUT2D eigenvalue weighted by atomic mass is 10.3. The van der Waals surface area contributed by atoms with Crippen LogP contribution in [-0.4, -0.2) is 25.7 Å². The Morgan fingerprint density at radius 2 is 2.19 bits per heavy atom. The standard InChI is InChI=1S/C13H15N5O2S/c1-7-8(2)14-6-18(12(7)20)5-10(19)15-13-17-16-11(21-13)9-3-4-9/h6,9H,3-5H2,1-2H3,(H,15,17,19). The molecule has 1 aliphatic carbocycles. The number of amides is 1. The summed E-state index contributed by atoms with van der Waals surface area (Å²) in [6.45, 7) is 3.39. The van der Waals surface area contributed by atoms with Crippen molar-refractivity contribution in [3.63, 3.8) is 0 Å². The van der Waals surface area contributed by atoms with Crippen LogP contribution >= 0.6 is 11.3 Å². The molecule has 2 heterocycles. The van der Waals surface area contributed by atoms with Crippen LogP contribution < -0.4 is 10.9 Å². The van der Waals surface area contributed by atoms with Crippen LogP contribution in [0.5, 0.6) is 0 Å². The molecule has 2 aromatic heterocycles. The van der Waals surface area contributed by atoms with Gasteiger partial charge in [-0.25, -0.2) is 4.98 Å². The number of aryl methyl sites for hydroxylation is 1. The first kappa shape index (κ1) is 13.9. The summed E-state index contributed by atoms with van der Waals surface area (Å²) in [7, 11) is 0. The summed E-state index contributed by atoms with van der Waals surface area (Å²) >= 11 is 1.39. The summed E-state index contributed by atoms with van der Waals surface area (Å²) in [5.74, 6) is 0.209. The Morgan fingerprint density at radius 1 is 1.43 bits per heavy atom. The minimum atomic E-state index is -0.305. The lowest BCUT2D eigenvalue weighted by molar-refractivity contribution is -0.116. The van der Waals surface area contributed by atoms with Gasteiger partial charge in [-0.1, -0.05) is 11.3 Å². The topological polar surface area (TPSA) is 89.8 Å². The lowest BCUT2D eigenvalue weighted by Crippen LogP contribution is -2.29. The van der Waals surface area contributed by atoms with E-state index < -0.39 is 0 Å². The summed E-state index contributed by atoms with van der Waals surface area (Å²) in [5, 5.41) is 12.1. The predicted molar refractivity (Wildman–Crippen MR) is 78.5 cm³/mol. The van der Waals surface area contributed by atoms with Crippen LogP contribution in [0.4, 0.5) is 5.13 Å². The van der Waals surface area contributed by atoms with Crippen LogP contribution in [-0.2, 0) is 11.3 Å². The number of nitrogens with zero attached hydrogens (tertiary/aromatic N) is 4. The average molecular weight is 305 g/mol. The molecular weight excluding hydrogens is 290 g/mol. The minimum Gasteiger partial charge on any atom is -0.299 e. The Labute approximate surface area is 125 Å². The quantitative estimate of drug-likeness (QED) is 0.917. The van der Waals surface area contributed by atoms with Crippen molar-refractivity contribution < 1.29 is 4.79 Å². The molecule has 0 spiro atoms. The molecule has 1 amide bonds. The Balaban J connectivity index is 1.68.